The highest BCUT2D eigenvalue weighted by Gasteiger charge is 2.07. The number of hydrogen-bond donors (Lipinski definition) is 1. The number of hydrogen-bond acceptors (Lipinski definition) is 2. The van der Waals surface area contributed by atoms with Crippen molar-refractivity contribution >= 4 is 0 Å². The smallest absolute Gasteiger partial charge is 0.0225 e. The van der Waals surface area contributed by atoms with Crippen molar-refractivity contribution in [2.75, 3.05) is 20.6 Å². The average Bonchev–Trinajstić information content (AvgIpc) is 2.51. The summed E-state index contributed by atoms with van der Waals surface area (Å²) in [4.78, 5) is 2.23. The van der Waals surface area contributed by atoms with E-state index in [2.05, 4.69) is 62.8 Å². The van der Waals surface area contributed by atoms with Gasteiger partial charge in [-0.15, -0.1) is 0 Å². The van der Waals surface area contributed by atoms with Gasteiger partial charge < -0.3 is 14.8 Å². The highest BCUT2D eigenvalue weighted by molar-refractivity contribution is 5.26. The predicted octanol–water partition coefficient (Wildman–Crippen LogP) is 2.07. The lowest BCUT2D eigenvalue weighted by Gasteiger charge is -2.16. The monoisotopic (exact) mass is 237 g/mol. The molecule has 1 atom stereocenters. The van der Waals surface area contributed by atoms with Crippen molar-refractivity contribution in [1.82, 2.24) is 14.8 Å². The molecule has 0 fully saturated rings. The van der Waals surface area contributed by atoms with Crippen molar-refractivity contribution in [3.63, 3.8) is 0 Å². The molecule has 0 aliphatic carbocycles. The minimum atomic E-state index is 0.567. The summed E-state index contributed by atoms with van der Waals surface area (Å²) in [7, 11) is 6.37. The van der Waals surface area contributed by atoms with Gasteiger partial charge >= 0.3 is 0 Å². The van der Waals surface area contributed by atoms with Crippen molar-refractivity contribution in [2.24, 2.45) is 7.05 Å². The highest BCUT2D eigenvalue weighted by atomic mass is 15.1. The summed E-state index contributed by atoms with van der Waals surface area (Å²) in [6.45, 7) is 8.72. The summed E-state index contributed by atoms with van der Waals surface area (Å²) in [6, 6.07) is 2.85. The van der Waals surface area contributed by atoms with E-state index in [4.69, 9.17) is 0 Å². The van der Waals surface area contributed by atoms with Crippen LogP contribution in [0.3, 0.4) is 0 Å². The SMILES string of the molecule is Cc1cc(CNC(C)CCN(C)C)c(C)n1C. The van der Waals surface area contributed by atoms with Gasteiger partial charge in [0.25, 0.3) is 0 Å². The number of aryl methyl sites for hydroxylation is 1. The summed E-state index contributed by atoms with van der Waals surface area (Å²) in [5, 5.41) is 3.60. The molecule has 1 unspecified atom stereocenters. The molecule has 0 spiro atoms. The third-order valence-corrected chi connectivity index (χ3v) is 3.53. The standard InChI is InChI=1S/C14H27N3/c1-11(7-8-16(4)5)15-10-14-9-12(2)17(6)13(14)3/h9,11,15H,7-8,10H2,1-6H3. The van der Waals surface area contributed by atoms with Crippen molar-refractivity contribution in [3.05, 3.63) is 23.0 Å². The zero-order valence-electron chi connectivity index (χ0n) is 12.2. The van der Waals surface area contributed by atoms with E-state index in [0.29, 0.717) is 6.04 Å². The summed E-state index contributed by atoms with van der Waals surface area (Å²) >= 11 is 0. The first-order valence-electron chi connectivity index (χ1n) is 6.41. The van der Waals surface area contributed by atoms with Crippen LogP contribution in [-0.2, 0) is 13.6 Å². The minimum Gasteiger partial charge on any atom is -0.352 e. The Hall–Kier alpha value is -0.800. The van der Waals surface area contributed by atoms with Gasteiger partial charge in [-0.2, -0.15) is 0 Å². The first-order valence-corrected chi connectivity index (χ1v) is 6.41. The molecular formula is C14H27N3. The molecule has 0 bridgehead atoms. The molecule has 0 aromatic carbocycles. The quantitative estimate of drug-likeness (QED) is 0.817. The number of nitrogens with one attached hydrogen (secondary N) is 1. The number of aromatic nitrogens is 1. The maximum absolute atomic E-state index is 3.60. The summed E-state index contributed by atoms with van der Waals surface area (Å²) in [5.41, 5.74) is 4.12. The van der Waals surface area contributed by atoms with E-state index >= 15 is 0 Å². The fourth-order valence-corrected chi connectivity index (χ4v) is 1.95. The molecule has 98 valence electrons. The van der Waals surface area contributed by atoms with E-state index in [0.717, 1.165) is 13.1 Å². The van der Waals surface area contributed by atoms with Gasteiger partial charge in [0.15, 0.2) is 0 Å². The van der Waals surface area contributed by atoms with Crippen LogP contribution < -0.4 is 5.32 Å². The molecular weight excluding hydrogens is 210 g/mol. The lowest BCUT2D eigenvalue weighted by molar-refractivity contribution is 0.365. The van der Waals surface area contributed by atoms with Crippen LogP contribution in [0.1, 0.15) is 30.3 Å². The van der Waals surface area contributed by atoms with Gasteiger partial charge in [0.05, 0.1) is 0 Å². The lowest BCUT2D eigenvalue weighted by atomic mass is 10.2. The normalized spacial score (nSPS) is 13.4. The molecule has 1 aromatic rings. The molecule has 0 amide bonds. The van der Waals surface area contributed by atoms with Crippen LogP contribution >= 0.6 is 0 Å². The van der Waals surface area contributed by atoms with Crippen LogP contribution in [0.25, 0.3) is 0 Å². The van der Waals surface area contributed by atoms with Crippen molar-refractivity contribution in [3.8, 4) is 0 Å². The molecule has 0 saturated heterocycles. The molecule has 17 heavy (non-hydrogen) atoms. The lowest BCUT2D eigenvalue weighted by Crippen LogP contribution is -2.29. The van der Waals surface area contributed by atoms with Crippen LogP contribution in [0, 0.1) is 13.8 Å². The molecule has 0 radical (unpaired) electrons. The van der Waals surface area contributed by atoms with Crippen molar-refractivity contribution in [1.29, 1.82) is 0 Å². The summed E-state index contributed by atoms with van der Waals surface area (Å²) < 4.78 is 2.25. The maximum atomic E-state index is 3.60. The zero-order chi connectivity index (χ0) is 13.0. The molecule has 0 aliphatic rings. The molecule has 0 saturated carbocycles. The Kier molecular flexibility index (Phi) is 5.22. The summed E-state index contributed by atoms with van der Waals surface area (Å²) in [5.74, 6) is 0. The van der Waals surface area contributed by atoms with E-state index < -0.39 is 0 Å². The highest BCUT2D eigenvalue weighted by Crippen LogP contribution is 2.13. The molecule has 1 N–H and O–H groups in total. The topological polar surface area (TPSA) is 20.2 Å². The van der Waals surface area contributed by atoms with E-state index in [1.165, 1.54) is 23.4 Å². The van der Waals surface area contributed by atoms with Crippen molar-refractivity contribution in [2.45, 2.75) is 39.8 Å². The van der Waals surface area contributed by atoms with Crippen molar-refractivity contribution < 1.29 is 0 Å². The Balaban J connectivity index is 2.42. The van der Waals surface area contributed by atoms with Crippen LogP contribution in [-0.4, -0.2) is 36.1 Å². The van der Waals surface area contributed by atoms with Gasteiger partial charge in [0.2, 0.25) is 0 Å². The minimum absolute atomic E-state index is 0.567. The number of nitrogens with zero attached hydrogens (tertiary/aromatic N) is 2. The van der Waals surface area contributed by atoms with Crippen LogP contribution in [0.2, 0.25) is 0 Å². The Bertz CT molecular complexity index is 353. The fraction of sp³-hybridized carbons (Fsp3) is 0.714. The second kappa shape index (κ2) is 6.22. The van der Waals surface area contributed by atoms with Gasteiger partial charge in [-0.25, -0.2) is 0 Å². The van der Waals surface area contributed by atoms with E-state index in [-0.39, 0.29) is 0 Å². The van der Waals surface area contributed by atoms with Gasteiger partial charge in [-0.3, -0.25) is 0 Å². The van der Waals surface area contributed by atoms with Crippen LogP contribution in [0.5, 0.6) is 0 Å². The first-order chi connectivity index (χ1) is 7.91. The van der Waals surface area contributed by atoms with E-state index in [1.54, 1.807) is 0 Å². The molecule has 1 aromatic heterocycles. The third-order valence-electron chi connectivity index (χ3n) is 3.53. The average molecular weight is 237 g/mol. The maximum Gasteiger partial charge on any atom is 0.0225 e. The molecule has 1 rings (SSSR count). The Labute approximate surface area is 106 Å². The second-order valence-corrected chi connectivity index (χ2v) is 5.33. The molecule has 0 aliphatic heterocycles. The largest absolute Gasteiger partial charge is 0.352 e. The number of rotatable bonds is 6. The Morgan fingerprint density at radius 3 is 2.47 bits per heavy atom. The first kappa shape index (κ1) is 14.3. The second-order valence-electron chi connectivity index (χ2n) is 5.33. The zero-order valence-corrected chi connectivity index (χ0v) is 12.2. The predicted molar refractivity (Wildman–Crippen MR) is 74.4 cm³/mol. The van der Waals surface area contributed by atoms with Gasteiger partial charge in [-0.1, -0.05) is 0 Å². The van der Waals surface area contributed by atoms with Gasteiger partial charge in [0, 0.05) is 31.0 Å². The van der Waals surface area contributed by atoms with E-state index in [1.807, 2.05) is 0 Å². The van der Waals surface area contributed by atoms with E-state index in [9.17, 15) is 0 Å². The Morgan fingerprint density at radius 2 is 2.00 bits per heavy atom. The fourth-order valence-electron chi connectivity index (χ4n) is 1.95. The third kappa shape index (κ3) is 4.17. The molecule has 3 heteroatoms. The van der Waals surface area contributed by atoms with Gasteiger partial charge in [0.1, 0.15) is 0 Å². The Morgan fingerprint density at radius 1 is 1.35 bits per heavy atom. The summed E-state index contributed by atoms with van der Waals surface area (Å²) in [6.07, 6.45) is 1.19. The van der Waals surface area contributed by atoms with Gasteiger partial charge in [-0.05, 0) is 59.5 Å². The molecule has 3 nitrogen and oxygen atoms in total. The molecule has 1 heterocycles. The van der Waals surface area contributed by atoms with Crippen LogP contribution in [0.15, 0.2) is 6.07 Å². The van der Waals surface area contributed by atoms with Crippen LogP contribution in [0.4, 0.5) is 0 Å².